The molecule has 2 aliphatic rings. The Labute approximate surface area is 113 Å². The molecule has 2 N–H and O–H groups in total. The van der Waals surface area contributed by atoms with Gasteiger partial charge in [-0.3, -0.25) is 4.90 Å². The Morgan fingerprint density at radius 1 is 1.28 bits per heavy atom. The number of likely N-dealkylation sites (tertiary alicyclic amines) is 1. The van der Waals surface area contributed by atoms with E-state index >= 15 is 0 Å². The van der Waals surface area contributed by atoms with E-state index in [1.165, 1.54) is 38.6 Å². The third-order valence-electron chi connectivity index (χ3n) is 5.74. The van der Waals surface area contributed by atoms with Gasteiger partial charge in [-0.05, 0) is 56.4 Å². The molecule has 1 saturated carbocycles. The lowest BCUT2D eigenvalue weighted by Gasteiger charge is -2.53. The maximum absolute atomic E-state index is 6.27. The lowest BCUT2D eigenvalue weighted by Crippen LogP contribution is -2.62. The summed E-state index contributed by atoms with van der Waals surface area (Å²) in [6.07, 6.45) is 6.78. The second kappa shape index (κ2) is 5.50. The average Bonchev–Trinajstić information content (AvgIpc) is 2.79. The van der Waals surface area contributed by atoms with Crippen molar-refractivity contribution in [2.45, 2.75) is 71.4 Å². The zero-order chi connectivity index (χ0) is 13.3. The molecule has 0 amide bonds. The first kappa shape index (κ1) is 14.3. The van der Waals surface area contributed by atoms with E-state index in [0.717, 1.165) is 30.3 Å². The van der Waals surface area contributed by atoms with Crippen LogP contribution in [0.15, 0.2) is 0 Å². The normalized spacial score (nSPS) is 42.7. The minimum Gasteiger partial charge on any atom is -0.329 e. The van der Waals surface area contributed by atoms with Gasteiger partial charge in [-0.1, -0.05) is 27.7 Å². The Kier molecular flexibility index (Phi) is 4.38. The van der Waals surface area contributed by atoms with Crippen molar-refractivity contribution in [3.63, 3.8) is 0 Å². The first-order chi connectivity index (χ1) is 8.51. The summed E-state index contributed by atoms with van der Waals surface area (Å²) >= 11 is 0. The molecule has 1 heterocycles. The molecule has 0 bridgehead atoms. The molecule has 2 fully saturated rings. The van der Waals surface area contributed by atoms with Crippen molar-refractivity contribution >= 4 is 0 Å². The quantitative estimate of drug-likeness (QED) is 0.835. The highest BCUT2D eigenvalue weighted by atomic mass is 15.3. The fraction of sp³-hybridized carbons (Fsp3) is 1.00. The van der Waals surface area contributed by atoms with Crippen molar-refractivity contribution < 1.29 is 0 Å². The zero-order valence-electron chi connectivity index (χ0n) is 12.8. The zero-order valence-corrected chi connectivity index (χ0v) is 12.8. The van der Waals surface area contributed by atoms with E-state index in [2.05, 4.69) is 32.6 Å². The summed E-state index contributed by atoms with van der Waals surface area (Å²) in [5, 5.41) is 0. The van der Waals surface area contributed by atoms with Crippen LogP contribution in [0.5, 0.6) is 0 Å². The highest BCUT2D eigenvalue weighted by Gasteiger charge is 2.47. The maximum Gasteiger partial charge on any atom is 0.0360 e. The van der Waals surface area contributed by atoms with Gasteiger partial charge in [0.1, 0.15) is 0 Å². The van der Waals surface area contributed by atoms with Crippen LogP contribution in [-0.4, -0.2) is 29.6 Å². The molecule has 0 aromatic heterocycles. The van der Waals surface area contributed by atoms with E-state index in [1.807, 2.05) is 0 Å². The predicted molar refractivity (Wildman–Crippen MR) is 78.5 cm³/mol. The summed E-state index contributed by atoms with van der Waals surface area (Å²) in [6.45, 7) is 11.7. The second-order valence-electron chi connectivity index (χ2n) is 7.24. The van der Waals surface area contributed by atoms with E-state index < -0.39 is 0 Å². The molecule has 106 valence electrons. The van der Waals surface area contributed by atoms with Crippen molar-refractivity contribution in [3.05, 3.63) is 0 Å². The summed E-state index contributed by atoms with van der Waals surface area (Å²) in [5.41, 5.74) is 6.58. The summed E-state index contributed by atoms with van der Waals surface area (Å²) in [7, 11) is 0. The number of nitrogens with two attached hydrogens (primary N) is 1. The molecule has 2 heteroatoms. The van der Waals surface area contributed by atoms with Crippen LogP contribution < -0.4 is 5.73 Å². The van der Waals surface area contributed by atoms with E-state index in [-0.39, 0.29) is 0 Å². The molecule has 4 unspecified atom stereocenters. The largest absolute Gasteiger partial charge is 0.329 e. The molecule has 1 aliphatic heterocycles. The van der Waals surface area contributed by atoms with Crippen LogP contribution in [0.3, 0.4) is 0 Å². The van der Waals surface area contributed by atoms with Crippen molar-refractivity contribution in [1.29, 1.82) is 0 Å². The van der Waals surface area contributed by atoms with Gasteiger partial charge in [0.25, 0.3) is 0 Å². The topological polar surface area (TPSA) is 29.3 Å². The number of rotatable bonds is 3. The molecule has 4 atom stereocenters. The van der Waals surface area contributed by atoms with Crippen LogP contribution in [-0.2, 0) is 0 Å². The molecule has 2 rings (SSSR count). The number of nitrogens with zero attached hydrogens (tertiary/aromatic N) is 1. The average molecular weight is 252 g/mol. The monoisotopic (exact) mass is 252 g/mol. The third-order valence-corrected chi connectivity index (χ3v) is 5.74. The van der Waals surface area contributed by atoms with Gasteiger partial charge in [0, 0.05) is 18.1 Å². The Bertz CT molecular complexity index is 276. The van der Waals surface area contributed by atoms with Gasteiger partial charge < -0.3 is 5.73 Å². The standard InChI is InChI=1S/C16H32N2/c1-12(2)15-6-5-9-18(15)16(11-17)8-7-13(3)10-14(16)4/h12-15H,5-11,17H2,1-4H3. The van der Waals surface area contributed by atoms with Crippen LogP contribution in [0.1, 0.15) is 59.8 Å². The maximum atomic E-state index is 6.27. The molecule has 1 saturated heterocycles. The van der Waals surface area contributed by atoms with E-state index in [4.69, 9.17) is 5.73 Å². The van der Waals surface area contributed by atoms with E-state index in [0.29, 0.717) is 5.54 Å². The summed E-state index contributed by atoms with van der Waals surface area (Å²) < 4.78 is 0. The Hall–Kier alpha value is -0.0800. The van der Waals surface area contributed by atoms with Gasteiger partial charge in [0.05, 0.1) is 0 Å². The molecule has 1 aliphatic carbocycles. The molecule has 0 radical (unpaired) electrons. The highest BCUT2D eigenvalue weighted by molar-refractivity contribution is 5.03. The predicted octanol–water partition coefficient (Wildman–Crippen LogP) is 3.26. The summed E-state index contributed by atoms with van der Waals surface area (Å²) in [4.78, 5) is 2.81. The van der Waals surface area contributed by atoms with E-state index in [9.17, 15) is 0 Å². The van der Waals surface area contributed by atoms with Crippen molar-refractivity contribution in [2.75, 3.05) is 13.1 Å². The molecular weight excluding hydrogens is 220 g/mol. The fourth-order valence-electron chi connectivity index (χ4n) is 4.57. The van der Waals surface area contributed by atoms with Crippen molar-refractivity contribution in [3.8, 4) is 0 Å². The van der Waals surface area contributed by atoms with Crippen LogP contribution in [0.4, 0.5) is 0 Å². The summed E-state index contributed by atoms with van der Waals surface area (Å²) in [5.74, 6) is 2.41. The van der Waals surface area contributed by atoms with E-state index in [1.54, 1.807) is 0 Å². The SMILES string of the molecule is CC1CCC(CN)(N2CCCC2C(C)C)C(C)C1. The van der Waals surface area contributed by atoms with Gasteiger partial charge in [0.15, 0.2) is 0 Å². The Morgan fingerprint density at radius 3 is 2.56 bits per heavy atom. The summed E-state index contributed by atoms with van der Waals surface area (Å²) in [6, 6.07) is 0.768. The van der Waals surface area contributed by atoms with Crippen LogP contribution >= 0.6 is 0 Å². The van der Waals surface area contributed by atoms with Crippen molar-refractivity contribution in [1.82, 2.24) is 4.90 Å². The lowest BCUT2D eigenvalue weighted by atomic mass is 9.68. The van der Waals surface area contributed by atoms with Crippen molar-refractivity contribution in [2.24, 2.45) is 23.5 Å². The first-order valence-corrected chi connectivity index (χ1v) is 7.98. The van der Waals surface area contributed by atoms with Crippen LogP contribution in [0, 0.1) is 17.8 Å². The van der Waals surface area contributed by atoms with Crippen LogP contribution in [0.2, 0.25) is 0 Å². The Morgan fingerprint density at radius 2 is 2.00 bits per heavy atom. The van der Waals surface area contributed by atoms with Gasteiger partial charge in [-0.2, -0.15) is 0 Å². The second-order valence-corrected chi connectivity index (χ2v) is 7.24. The minimum absolute atomic E-state index is 0.304. The third kappa shape index (κ3) is 2.34. The fourth-order valence-corrected chi connectivity index (χ4v) is 4.57. The smallest absolute Gasteiger partial charge is 0.0360 e. The lowest BCUT2D eigenvalue weighted by molar-refractivity contribution is -0.0198. The molecule has 2 nitrogen and oxygen atoms in total. The van der Waals surface area contributed by atoms with Gasteiger partial charge >= 0.3 is 0 Å². The molecule has 18 heavy (non-hydrogen) atoms. The van der Waals surface area contributed by atoms with Gasteiger partial charge in [-0.15, -0.1) is 0 Å². The Balaban J connectivity index is 2.21. The minimum atomic E-state index is 0.304. The highest BCUT2D eigenvalue weighted by Crippen LogP contribution is 2.44. The van der Waals surface area contributed by atoms with Gasteiger partial charge in [0.2, 0.25) is 0 Å². The first-order valence-electron chi connectivity index (χ1n) is 7.98. The number of hydrogen-bond acceptors (Lipinski definition) is 2. The molecule has 0 spiro atoms. The molecular formula is C16H32N2. The molecule has 0 aromatic rings. The number of hydrogen-bond donors (Lipinski definition) is 1. The molecule has 0 aromatic carbocycles. The van der Waals surface area contributed by atoms with Gasteiger partial charge in [-0.25, -0.2) is 0 Å². The van der Waals surface area contributed by atoms with Crippen LogP contribution in [0.25, 0.3) is 0 Å².